The molecule has 37 heteroatoms. The topological polar surface area (TPSA) is 66.2 Å². The maximum absolute atomic E-state index is 17.1. The fraction of sp³-hybridized carbons (Fsp3) is 0. The third-order valence-corrected chi connectivity index (χ3v) is 22.7. The SMILES string of the molecule is Fc1c(F)c(F)c(C2=C3C=CC(=N3)C(c3c(F)c(F)c(F)c(F)c3F)=c3ccc([nH]3)=C(c3c(F)c(F)c(F)c(F)c3F)c3c[c]4c([nH]3)C(c3c(F)c(F)c(F)c(F)c3F)=c3ccc5[n]3[Ge]4[n]3c(ccc3C=5c3c(F)c(F)c(F)c(F)c3F)C(c3c(F)c(F)c(F)c(F)c3F)=C3C=CC2=N3)c(F)c1F. The second-order valence-corrected chi connectivity index (χ2v) is 26.7. The Balaban J connectivity index is 1.24. The molecule has 1 radical (unpaired) electrons. The van der Waals surface area contributed by atoms with Crippen LogP contribution in [0.2, 0.25) is 0 Å². The fourth-order valence-corrected chi connectivity index (χ4v) is 19.0. The number of aliphatic imine (C=N–C) groups is 2. The van der Waals surface area contributed by atoms with E-state index in [0.29, 0.717) is 73.8 Å². The molecule has 5 aliphatic heterocycles. The Labute approximate surface area is 551 Å². The summed E-state index contributed by atoms with van der Waals surface area (Å²) in [4.78, 5) is 12.4. The minimum absolute atomic E-state index is 0.361. The predicted octanol–water partition coefficient (Wildman–Crippen LogP) is 13.7. The molecule has 0 atom stereocenters. The second-order valence-electron chi connectivity index (χ2n) is 22.3. The Morgan fingerprint density at radius 1 is 0.252 bits per heavy atom. The van der Waals surface area contributed by atoms with Gasteiger partial charge in [-0.2, -0.15) is 0 Å². The molecule has 103 heavy (non-hydrogen) atoms. The molecule has 0 amide bonds. The number of benzene rings is 6. The predicted molar refractivity (Wildman–Crippen MR) is 296 cm³/mol. The van der Waals surface area contributed by atoms with Gasteiger partial charge in [-0.15, -0.1) is 0 Å². The fourth-order valence-electron chi connectivity index (χ4n) is 12.7. The maximum atomic E-state index is 17.1. The summed E-state index contributed by atoms with van der Waals surface area (Å²) in [5.41, 5.74) is -33.0. The van der Waals surface area contributed by atoms with Crippen molar-refractivity contribution in [1.29, 1.82) is 0 Å². The van der Waals surface area contributed by atoms with Gasteiger partial charge in [0.15, 0.2) is 0 Å². The number of hydrogen-bond acceptors (Lipinski definition) is 2. The van der Waals surface area contributed by atoms with Crippen LogP contribution in [-0.2, 0) is 0 Å². The zero-order valence-corrected chi connectivity index (χ0v) is 50.6. The summed E-state index contributed by atoms with van der Waals surface area (Å²) in [5.74, 6) is -86.3. The average Bonchev–Trinajstić information content (AvgIpc) is 1.54. The molecule has 10 aromatic rings. The summed E-state index contributed by atoms with van der Waals surface area (Å²) in [6, 6.07) is 3.37. The van der Waals surface area contributed by atoms with E-state index in [2.05, 4.69) is 20.0 Å². The van der Waals surface area contributed by atoms with Crippen LogP contribution in [0, 0.1) is 175 Å². The molecule has 0 saturated heterocycles. The van der Waals surface area contributed by atoms with Gasteiger partial charge in [-0.25, -0.2) is 4.39 Å². The summed E-state index contributed by atoms with van der Waals surface area (Å²) in [5, 5.41) is -4.69. The molecule has 0 fully saturated rings. The molecule has 9 heterocycles. The third-order valence-electron chi connectivity index (χ3n) is 17.1. The van der Waals surface area contributed by atoms with Gasteiger partial charge in [0.2, 0.25) is 0 Å². The number of allylic oxidation sites excluding steroid dienone is 5. The van der Waals surface area contributed by atoms with Crippen LogP contribution in [-0.4, -0.2) is 43.2 Å². The molecule has 4 aromatic heterocycles. The molecule has 0 unspecified atom stereocenters. The van der Waals surface area contributed by atoms with Crippen molar-refractivity contribution >= 4 is 64.1 Å². The van der Waals surface area contributed by atoms with Crippen LogP contribution in [0.25, 0.3) is 33.4 Å². The van der Waals surface area contributed by atoms with Crippen molar-refractivity contribution in [3.8, 4) is 0 Å². The molecular weight excluding hydrogens is 1520 g/mol. The first-order valence-electron chi connectivity index (χ1n) is 28.0. The summed E-state index contributed by atoms with van der Waals surface area (Å²) >= 11 is -5.61. The van der Waals surface area contributed by atoms with Crippen LogP contribution in [0.15, 0.2) is 88.1 Å². The normalized spacial score (nSPS) is 14.7. The zero-order chi connectivity index (χ0) is 74.1. The number of H-pyrrole nitrogens is 2. The van der Waals surface area contributed by atoms with E-state index in [9.17, 15) is 8.78 Å². The van der Waals surface area contributed by atoms with Crippen LogP contribution in [0.4, 0.5) is 132 Å². The molecule has 2 N–H and O–H groups in total. The summed E-state index contributed by atoms with van der Waals surface area (Å²) < 4.78 is 482. The van der Waals surface area contributed by atoms with E-state index in [-0.39, 0.29) is 0 Å². The van der Waals surface area contributed by atoms with Crippen molar-refractivity contribution in [2.24, 2.45) is 9.98 Å². The van der Waals surface area contributed by atoms with Gasteiger partial charge < -0.3 is 0 Å². The summed E-state index contributed by atoms with van der Waals surface area (Å²) in [6.45, 7) is 0. The van der Waals surface area contributed by atoms with E-state index in [1.54, 1.807) is 0 Å². The summed E-state index contributed by atoms with van der Waals surface area (Å²) in [6.07, 6.45) is 1.50. The van der Waals surface area contributed by atoms with Gasteiger partial charge in [-0.1, -0.05) is 0 Å². The average molecular weight is 1530 g/mol. The molecule has 0 aliphatic carbocycles. The Morgan fingerprint density at radius 2 is 0.534 bits per heavy atom. The van der Waals surface area contributed by atoms with Crippen molar-refractivity contribution in [2.75, 3.05) is 0 Å². The standard InChI is InChI=1S/C66H13F30GeN6/c67-36-30(37(68)49(80)60(91)48(36)79)24-13-1-2-14(98-13)25(31-38(69)50(81)61(92)51(82)39(31)70)16-5-6-18(100-16)27(33-42(73)54(85)63(94)55(86)43(33)74)20-7-8-21-28(34-44(75)56(87)64(95)57(88)45(34)76)22-9-10-23-29(35-46(77)58(89)65(96)59(90)47(35)78)66-12(97(102(20)21)103(22)23)11-19(101-66)26(17-4-3-15(24)99-17)32-40(71)52(83)62(93)53(84)41(32)72/h1-11,99,101H. The van der Waals surface area contributed by atoms with Crippen molar-refractivity contribution < 1.29 is 132 Å². The number of halogens is 30. The van der Waals surface area contributed by atoms with Crippen LogP contribution >= 0.6 is 0 Å². The first kappa shape index (κ1) is 67.5. The van der Waals surface area contributed by atoms with Crippen molar-refractivity contribution in [3.63, 3.8) is 0 Å². The molecule has 521 valence electrons. The van der Waals surface area contributed by atoms with Gasteiger partial charge in [0.05, 0.1) is 0 Å². The van der Waals surface area contributed by atoms with Gasteiger partial charge in [0, 0.05) is 0 Å². The number of aromatic amines is 2. The number of aromatic nitrogens is 4. The van der Waals surface area contributed by atoms with E-state index in [4.69, 9.17) is 0 Å². The van der Waals surface area contributed by atoms with Gasteiger partial charge in [-0.05, 0) is 0 Å². The number of nitrogens with one attached hydrogen (secondary N) is 2. The monoisotopic (exact) mass is 1530 g/mol. The van der Waals surface area contributed by atoms with Crippen molar-refractivity contribution in [3.05, 3.63) is 330 Å². The Kier molecular flexibility index (Phi) is 15.1. The molecule has 8 bridgehead atoms. The first-order chi connectivity index (χ1) is 48.7. The molecule has 15 rings (SSSR count). The van der Waals surface area contributed by atoms with E-state index in [0.717, 1.165) is 0 Å². The van der Waals surface area contributed by atoms with Gasteiger partial charge in [-0.3, -0.25) is 0 Å². The quantitative estimate of drug-likeness (QED) is 0.0721. The van der Waals surface area contributed by atoms with Crippen LogP contribution in [0.3, 0.4) is 0 Å². The number of hydrogen-bond donors (Lipinski definition) is 2. The van der Waals surface area contributed by atoms with Crippen LogP contribution in [0.5, 0.6) is 0 Å². The zero-order valence-electron chi connectivity index (χ0n) is 48.5. The number of nitrogens with zero attached hydrogens (tertiary/aromatic N) is 4. The van der Waals surface area contributed by atoms with E-state index in [1.165, 1.54) is 0 Å². The third kappa shape index (κ3) is 8.98. The van der Waals surface area contributed by atoms with Gasteiger partial charge in [0.1, 0.15) is 0 Å². The van der Waals surface area contributed by atoms with E-state index >= 15 is 123 Å². The molecule has 0 saturated carbocycles. The van der Waals surface area contributed by atoms with E-state index in [1.807, 2.05) is 0 Å². The van der Waals surface area contributed by atoms with Gasteiger partial charge >= 0.3 is 549 Å². The van der Waals surface area contributed by atoms with E-state index < -0.39 is 328 Å². The number of rotatable bonds is 6. The molecule has 6 aromatic carbocycles. The Bertz CT molecular complexity index is 6080. The van der Waals surface area contributed by atoms with Crippen LogP contribution < -0.4 is 25.8 Å². The molecule has 5 aliphatic rings. The Hall–Kier alpha value is -11.3. The van der Waals surface area contributed by atoms with Crippen molar-refractivity contribution in [1.82, 2.24) is 17.0 Å². The van der Waals surface area contributed by atoms with Crippen molar-refractivity contribution in [2.45, 2.75) is 0 Å². The molecular formula is C66H13F30GeN6. The Morgan fingerprint density at radius 3 is 0.922 bits per heavy atom. The summed E-state index contributed by atoms with van der Waals surface area (Å²) in [7, 11) is 0. The van der Waals surface area contributed by atoms with Crippen LogP contribution in [0.1, 0.15) is 56.2 Å². The minimum atomic E-state index is -5.61. The molecule has 0 spiro atoms. The first-order valence-corrected chi connectivity index (χ1v) is 31.0. The molecule has 6 nitrogen and oxygen atoms in total. The van der Waals surface area contributed by atoms with Gasteiger partial charge in [0.25, 0.3) is 0 Å². The number of fused-ring (bicyclic) bond motifs is 5. The second kappa shape index (κ2) is 23.1.